The SMILES string of the molecule is Cc1ccc(C#N)c(N2CCN(c3ccccc3S(N)(=O)=O)CC2)n1. The van der Waals surface area contributed by atoms with Crippen molar-refractivity contribution in [2.24, 2.45) is 5.14 Å². The molecule has 0 spiro atoms. The number of sulfonamides is 1. The number of para-hydroxylation sites is 1. The van der Waals surface area contributed by atoms with Crippen LogP contribution in [0.15, 0.2) is 41.3 Å². The summed E-state index contributed by atoms with van der Waals surface area (Å²) in [7, 11) is -3.78. The quantitative estimate of drug-likeness (QED) is 0.886. The van der Waals surface area contributed by atoms with Crippen molar-refractivity contribution in [1.29, 1.82) is 5.26 Å². The molecule has 1 saturated heterocycles. The number of aryl methyl sites for hydroxylation is 1. The summed E-state index contributed by atoms with van der Waals surface area (Å²) in [5.41, 5.74) is 2.02. The van der Waals surface area contributed by atoms with Crippen molar-refractivity contribution in [3.05, 3.63) is 47.7 Å². The van der Waals surface area contributed by atoms with Crippen molar-refractivity contribution in [2.75, 3.05) is 36.0 Å². The van der Waals surface area contributed by atoms with Gasteiger partial charge in [-0.15, -0.1) is 0 Å². The van der Waals surface area contributed by atoms with Crippen molar-refractivity contribution in [3.63, 3.8) is 0 Å². The van der Waals surface area contributed by atoms with E-state index in [1.165, 1.54) is 6.07 Å². The zero-order valence-electron chi connectivity index (χ0n) is 13.9. The van der Waals surface area contributed by atoms with Gasteiger partial charge < -0.3 is 9.80 Å². The Labute approximate surface area is 147 Å². The predicted octanol–water partition coefficient (Wildman–Crippen LogP) is 1.24. The maximum atomic E-state index is 11.8. The average molecular weight is 357 g/mol. The topological polar surface area (TPSA) is 103 Å². The second kappa shape index (κ2) is 6.70. The Balaban J connectivity index is 1.82. The number of pyridine rings is 1. The Bertz CT molecular complexity index is 928. The van der Waals surface area contributed by atoms with Crippen LogP contribution < -0.4 is 14.9 Å². The third-order valence-electron chi connectivity index (χ3n) is 4.23. The molecule has 0 unspecified atom stereocenters. The molecule has 25 heavy (non-hydrogen) atoms. The number of nitrogens with zero attached hydrogens (tertiary/aromatic N) is 4. The Hall–Kier alpha value is -2.63. The average Bonchev–Trinajstić information content (AvgIpc) is 2.61. The monoisotopic (exact) mass is 357 g/mol. The van der Waals surface area contributed by atoms with E-state index in [0.29, 0.717) is 43.2 Å². The fourth-order valence-electron chi connectivity index (χ4n) is 2.99. The van der Waals surface area contributed by atoms with Crippen LogP contribution in [0.1, 0.15) is 11.3 Å². The molecule has 2 heterocycles. The molecule has 1 aliphatic rings. The molecule has 8 heteroatoms. The highest BCUT2D eigenvalue weighted by Gasteiger charge is 2.24. The second-order valence-electron chi connectivity index (χ2n) is 5.92. The molecule has 0 bridgehead atoms. The summed E-state index contributed by atoms with van der Waals surface area (Å²) >= 11 is 0. The molecule has 1 aromatic heterocycles. The Kier molecular flexibility index (Phi) is 4.61. The standard InChI is InChI=1S/C17H19N5O2S/c1-13-6-7-14(12-18)17(20-13)22-10-8-21(9-11-22)15-4-2-3-5-16(15)25(19,23)24/h2-7H,8-11H2,1H3,(H2,19,23,24). The van der Waals surface area contributed by atoms with Crippen LogP contribution in [0.3, 0.4) is 0 Å². The summed E-state index contributed by atoms with van der Waals surface area (Å²) in [5, 5.41) is 14.6. The first-order chi connectivity index (χ1) is 11.9. The molecule has 1 fully saturated rings. The Morgan fingerprint density at radius 2 is 1.72 bits per heavy atom. The van der Waals surface area contributed by atoms with Gasteiger partial charge in [-0.25, -0.2) is 18.5 Å². The van der Waals surface area contributed by atoms with Gasteiger partial charge in [0.25, 0.3) is 0 Å². The van der Waals surface area contributed by atoms with Gasteiger partial charge in [0.05, 0.1) is 11.3 Å². The molecule has 130 valence electrons. The number of rotatable bonds is 3. The van der Waals surface area contributed by atoms with Crippen LogP contribution >= 0.6 is 0 Å². The van der Waals surface area contributed by atoms with E-state index in [-0.39, 0.29) is 4.90 Å². The van der Waals surface area contributed by atoms with E-state index >= 15 is 0 Å². The molecule has 1 aromatic carbocycles. The summed E-state index contributed by atoms with van der Waals surface area (Å²) < 4.78 is 23.6. The molecule has 2 N–H and O–H groups in total. The number of anilines is 2. The van der Waals surface area contributed by atoms with E-state index in [1.54, 1.807) is 24.3 Å². The van der Waals surface area contributed by atoms with E-state index in [4.69, 9.17) is 5.14 Å². The fourth-order valence-corrected chi connectivity index (χ4v) is 3.75. The number of piperazine rings is 1. The van der Waals surface area contributed by atoms with Gasteiger partial charge in [0.2, 0.25) is 10.0 Å². The number of aromatic nitrogens is 1. The molecule has 1 aliphatic heterocycles. The predicted molar refractivity (Wildman–Crippen MR) is 95.9 cm³/mol. The van der Waals surface area contributed by atoms with Gasteiger partial charge in [-0.1, -0.05) is 12.1 Å². The zero-order valence-corrected chi connectivity index (χ0v) is 14.7. The van der Waals surface area contributed by atoms with Crippen molar-refractivity contribution in [3.8, 4) is 6.07 Å². The lowest BCUT2D eigenvalue weighted by Crippen LogP contribution is -2.47. The number of hydrogen-bond donors (Lipinski definition) is 1. The minimum atomic E-state index is -3.78. The minimum absolute atomic E-state index is 0.134. The van der Waals surface area contributed by atoms with Gasteiger partial charge in [-0.05, 0) is 31.2 Å². The molecule has 0 radical (unpaired) electrons. The third kappa shape index (κ3) is 3.57. The van der Waals surface area contributed by atoms with Crippen LogP contribution in [0.4, 0.5) is 11.5 Å². The lowest BCUT2D eigenvalue weighted by Gasteiger charge is -2.37. The van der Waals surface area contributed by atoms with Gasteiger partial charge in [-0.3, -0.25) is 0 Å². The summed E-state index contributed by atoms with van der Waals surface area (Å²) in [6.07, 6.45) is 0. The molecule has 0 atom stereocenters. The maximum Gasteiger partial charge on any atom is 0.240 e. The van der Waals surface area contributed by atoms with Crippen LogP contribution in [0.2, 0.25) is 0 Å². The number of nitrogens with two attached hydrogens (primary N) is 1. The van der Waals surface area contributed by atoms with E-state index in [9.17, 15) is 13.7 Å². The molecule has 7 nitrogen and oxygen atoms in total. The first kappa shape index (κ1) is 17.2. The summed E-state index contributed by atoms with van der Waals surface area (Å²) in [6, 6.07) is 12.5. The van der Waals surface area contributed by atoms with E-state index in [2.05, 4.69) is 16.0 Å². The lowest BCUT2D eigenvalue weighted by atomic mass is 10.2. The first-order valence-electron chi connectivity index (χ1n) is 7.89. The Morgan fingerprint density at radius 1 is 1.08 bits per heavy atom. The zero-order chi connectivity index (χ0) is 18.0. The summed E-state index contributed by atoms with van der Waals surface area (Å²) in [4.78, 5) is 8.68. The van der Waals surface area contributed by atoms with Crippen molar-refractivity contribution in [2.45, 2.75) is 11.8 Å². The van der Waals surface area contributed by atoms with Crippen LogP contribution in [0.5, 0.6) is 0 Å². The smallest absolute Gasteiger partial charge is 0.240 e. The van der Waals surface area contributed by atoms with Gasteiger partial charge in [0.15, 0.2) is 0 Å². The van der Waals surface area contributed by atoms with Gasteiger partial charge in [-0.2, -0.15) is 5.26 Å². The molecule has 0 amide bonds. The summed E-state index contributed by atoms with van der Waals surface area (Å²) in [6.45, 7) is 4.41. The van der Waals surface area contributed by atoms with Gasteiger partial charge >= 0.3 is 0 Å². The van der Waals surface area contributed by atoms with Crippen LogP contribution in [0, 0.1) is 18.3 Å². The number of benzene rings is 1. The number of hydrogen-bond acceptors (Lipinski definition) is 6. The van der Waals surface area contributed by atoms with Crippen LogP contribution in [-0.2, 0) is 10.0 Å². The third-order valence-corrected chi connectivity index (χ3v) is 5.18. The molecule has 2 aromatic rings. The maximum absolute atomic E-state index is 11.8. The molecular formula is C17H19N5O2S. The second-order valence-corrected chi connectivity index (χ2v) is 7.45. The van der Waals surface area contributed by atoms with Crippen molar-refractivity contribution < 1.29 is 8.42 Å². The van der Waals surface area contributed by atoms with Crippen LogP contribution in [-0.4, -0.2) is 39.6 Å². The molecular weight excluding hydrogens is 338 g/mol. The number of primary sulfonamides is 1. The van der Waals surface area contributed by atoms with Crippen molar-refractivity contribution in [1.82, 2.24) is 4.98 Å². The minimum Gasteiger partial charge on any atom is -0.367 e. The highest BCUT2D eigenvalue weighted by molar-refractivity contribution is 7.89. The van der Waals surface area contributed by atoms with E-state index < -0.39 is 10.0 Å². The molecule has 0 saturated carbocycles. The van der Waals surface area contributed by atoms with Gasteiger partial charge in [0.1, 0.15) is 16.8 Å². The summed E-state index contributed by atoms with van der Waals surface area (Å²) in [5.74, 6) is 0.682. The van der Waals surface area contributed by atoms with Gasteiger partial charge in [0, 0.05) is 31.9 Å². The van der Waals surface area contributed by atoms with E-state index in [0.717, 1.165) is 5.69 Å². The first-order valence-corrected chi connectivity index (χ1v) is 9.44. The molecule has 3 rings (SSSR count). The van der Waals surface area contributed by atoms with Crippen LogP contribution in [0.25, 0.3) is 0 Å². The number of nitriles is 1. The Morgan fingerprint density at radius 3 is 2.36 bits per heavy atom. The van der Waals surface area contributed by atoms with Crippen molar-refractivity contribution >= 4 is 21.5 Å². The van der Waals surface area contributed by atoms with E-state index in [1.807, 2.05) is 17.9 Å². The highest BCUT2D eigenvalue weighted by atomic mass is 32.2. The highest BCUT2D eigenvalue weighted by Crippen LogP contribution is 2.26. The fraction of sp³-hybridized carbons (Fsp3) is 0.294. The largest absolute Gasteiger partial charge is 0.367 e. The molecule has 0 aliphatic carbocycles. The lowest BCUT2D eigenvalue weighted by molar-refractivity contribution is 0.595. The normalized spacial score (nSPS) is 15.1.